The molecule has 0 radical (unpaired) electrons. The van der Waals surface area contributed by atoms with Gasteiger partial charge in [0.2, 0.25) is 5.16 Å². The zero-order valence-electron chi connectivity index (χ0n) is 4.48. The van der Waals surface area contributed by atoms with Crippen molar-refractivity contribution in [1.82, 2.24) is 14.9 Å². The normalized spacial score (nSPS) is 14.7. The van der Waals surface area contributed by atoms with Crippen molar-refractivity contribution >= 4 is 11.8 Å². The molecule has 0 saturated heterocycles. The van der Waals surface area contributed by atoms with E-state index < -0.39 is 0 Å². The van der Waals surface area contributed by atoms with Crippen LogP contribution in [0.15, 0.2) is 23.1 Å². The van der Waals surface area contributed by atoms with Crippen LogP contribution in [0.25, 0.3) is 0 Å². The Labute approximate surface area is 55.9 Å². The van der Waals surface area contributed by atoms with Crippen molar-refractivity contribution in [2.24, 2.45) is 0 Å². The van der Waals surface area contributed by atoms with Gasteiger partial charge < -0.3 is 0 Å². The number of rotatable bonds is 0. The Morgan fingerprint density at radius 2 is 2.67 bits per heavy atom. The van der Waals surface area contributed by atoms with Gasteiger partial charge in [0.1, 0.15) is 6.33 Å². The summed E-state index contributed by atoms with van der Waals surface area (Å²) in [5.74, 6) is 0. The maximum absolute atomic E-state index is 3.82. The maximum Gasteiger partial charge on any atom is 0.214 e. The van der Waals surface area contributed by atoms with Crippen LogP contribution in [-0.2, 0) is 0 Å². The third-order valence-electron chi connectivity index (χ3n) is 0.972. The van der Waals surface area contributed by atoms with E-state index in [2.05, 4.69) is 15.6 Å². The van der Waals surface area contributed by atoms with Gasteiger partial charge in [-0.25, -0.2) is 4.68 Å². The Balaban J connectivity index is 2.46. The van der Waals surface area contributed by atoms with Crippen LogP contribution in [0.1, 0.15) is 0 Å². The smallest absolute Gasteiger partial charge is 0.214 e. The fourth-order valence-corrected chi connectivity index (χ4v) is 1.16. The van der Waals surface area contributed by atoms with Gasteiger partial charge in [-0.2, -0.15) is 0 Å². The molecule has 4 nitrogen and oxygen atoms in total. The van der Waals surface area contributed by atoms with Crippen LogP contribution in [0.2, 0.25) is 0 Å². The first kappa shape index (κ1) is 4.87. The number of fused-ring (bicyclic) bond motifs is 1. The summed E-state index contributed by atoms with van der Waals surface area (Å²) in [6, 6.07) is 0. The second-order valence-electron chi connectivity index (χ2n) is 1.53. The van der Waals surface area contributed by atoms with Crippen LogP contribution in [0.5, 0.6) is 0 Å². The summed E-state index contributed by atoms with van der Waals surface area (Å²) in [6.07, 6.45) is 3.47. The molecule has 0 bridgehead atoms. The van der Waals surface area contributed by atoms with Gasteiger partial charge in [-0.15, -0.1) is 10.2 Å². The predicted octanol–water partition coefficient (Wildman–Crippen LogP) is 0.398. The minimum Gasteiger partial charge on any atom is -0.298 e. The van der Waals surface area contributed by atoms with Gasteiger partial charge in [-0.05, 0) is 5.41 Å². The summed E-state index contributed by atoms with van der Waals surface area (Å²) in [6.45, 7) is 0. The number of nitrogens with zero attached hydrogens (tertiary/aromatic N) is 3. The molecule has 0 aliphatic carbocycles. The highest BCUT2D eigenvalue weighted by atomic mass is 32.2. The van der Waals surface area contributed by atoms with E-state index in [1.54, 1.807) is 22.8 Å². The first-order chi connectivity index (χ1) is 4.47. The summed E-state index contributed by atoms with van der Waals surface area (Å²) < 4.78 is 1.75. The highest BCUT2D eigenvalue weighted by molar-refractivity contribution is 8.02. The Morgan fingerprint density at radius 3 is 3.56 bits per heavy atom. The number of hydrogen-bond acceptors (Lipinski definition) is 4. The van der Waals surface area contributed by atoms with Gasteiger partial charge in [0.25, 0.3) is 0 Å². The highest BCUT2D eigenvalue weighted by Gasteiger charge is 2.03. The molecule has 0 spiro atoms. The molecule has 9 heavy (non-hydrogen) atoms. The molecule has 1 aromatic heterocycles. The lowest BCUT2D eigenvalue weighted by molar-refractivity contribution is 0.815. The van der Waals surface area contributed by atoms with Crippen molar-refractivity contribution in [2.45, 2.75) is 5.16 Å². The monoisotopic (exact) mass is 140 g/mol. The van der Waals surface area contributed by atoms with Crippen molar-refractivity contribution in [1.29, 1.82) is 0 Å². The molecule has 0 amide bonds. The van der Waals surface area contributed by atoms with Crippen LogP contribution >= 0.6 is 11.8 Å². The van der Waals surface area contributed by atoms with E-state index in [-0.39, 0.29) is 0 Å². The summed E-state index contributed by atoms with van der Waals surface area (Å²) in [7, 11) is 0. The van der Waals surface area contributed by atoms with Crippen LogP contribution < -0.4 is 5.43 Å². The standard InChI is InChI=1S/C4H4N4S/c1-2-9-4-7-5-3-8(4)6-1/h1-3,6H. The van der Waals surface area contributed by atoms with Gasteiger partial charge in [0.15, 0.2) is 0 Å². The third-order valence-corrected chi connectivity index (χ3v) is 1.73. The second kappa shape index (κ2) is 1.77. The molecule has 2 rings (SSSR count). The Morgan fingerprint density at radius 1 is 1.67 bits per heavy atom. The molecular weight excluding hydrogens is 136 g/mol. The van der Waals surface area contributed by atoms with E-state index in [4.69, 9.17) is 0 Å². The van der Waals surface area contributed by atoms with Crippen molar-refractivity contribution < 1.29 is 0 Å². The van der Waals surface area contributed by atoms with Crippen LogP contribution in [-0.4, -0.2) is 14.9 Å². The predicted molar refractivity (Wildman–Crippen MR) is 34.4 cm³/mol. The van der Waals surface area contributed by atoms with Crippen LogP contribution in [0.4, 0.5) is 0 Å². The molecule has 1 aliphatic heterocycles. The Kier molecular flexibility index (Phi) is 0.955. The average molecular weight is 140 g/mol. The first-order valence-corrected chi connectivity index (χ1v) is 3.33. The van der Waals surface area contributed by atoms with E-state index in [0.29, 0.717) is 0 Å². The van der Waals surface area contributed by atoms with E-state index in [1.165, 1.54) is 0 Å². The van der Waals surface area contributed by atoms with Gasteiger partial charge in [0.05, 0.1) is 0 Å². The molecule has 0 saturated carbocycles. The molecule has 2 heterocycles. The van der Waals surface area contributed by atoms with Gasteiger partial charge in [-0.1, -0.05) is 11.8 Å². The second-order valence-corrected chi connectivity index (χ2v) is 2.41. The summed E-state index contributed by atoms with van der Waals surface area (Å²) in [5, 5.41) is 10.3. The molecule has 0 fully saturated rings. The lowest BCUT2D eigenvalue weighted by Crippen LogP contribution is -2.09. The largest absolute Gasteiger partial charge is 0.298 e. The van der Waals surface area contributed by atoms with Crippen molar-refractivity contribution in [2.75, 3.05) is 5.43 Å². The number of thioether (sulfide) groups is 1. The fourth-order valence-electron chi connectivity index (χ4n) is 0.599. The first-order valence-electron chi connectivity index (χ1n) is 2.45. The summed E-state index contributed by atoms with van der Waals surface area (Å²) in [4.78, 5) is 0. The highest BCUT2D eigenvalue weighted by Crippen LogP contribution is 2.16. The minimum atomic E-state index is 0.873. The zero-order valence-corrected chi connectivity index (χ0v) is 5.30. The molecule has 1 aliphatic rings. The molecule has 1 N–H and O–H groups in total. The summed E-state index contributed by atoms with van der Waals surface area (Å²) in [5.41, 5.74) is 2.93. The topological polar surface area (TPSA) is 42.7 Å². The van der Waals surface area contributed by atoms with E-state index in [0.717, 1.165) is 5.16 Å². The number of nitrogens with one attached hydrogen (secondary N) is 1. The minimum absolute atomic E-state index is 0.873. The van der Waals surface area contributed by atoms with E-state index in [1.807, 2.05) is 11.6 Å². The van der Waals surface area contributed by atoms with Gasteiger partial charge >= 0.3 is 0 Å². The lowest BCUT2D eigenvalue weighted by Gasteiger charge is -2.06. The molecule has 46 valence electrons. The van der Waals surface area contributed by atoms with Crippen LogP contribution in [0, 0.1) is 0 Å². The number of aromatic nitrogens is 3. The van der Waals surface area contributed by atoms with E-state index >= 15 is 0 Å². The molecule has 1 aromatic rings. The van der Waals surface area contributed by atoms with Crippen molar-refractivity contribution in [3.63, 3.8) is 0 Å². The van der Waals surface area contributed by atoms with E-state index in [9.17, 15) is 0 Å². The Bertz CT molecular complexity index is 218. The van der Waals surface area contributed by atoms with Gasteiger partial charge in [0, 0.05) is 6.20 Å². The lowest BCUT2D eigenvalue weighted by atomic mass is 11.0. The van der Waals surface area contributed by atoms with Crippen molar-refractivity contribution in [3.8, 4) is 0 Å². The van der Waals surface area contributed by atoms with Gasteiger partial charge in [-0.3, -0.25) is 5.43 Å². The SMILES string of the molecule is C1=CSc2nncn2N1. The quantitative estimate of drug-likeness (QED) is 0.566. The molecule has 0 unspecified atom stereocenters. The molecule has 0 aromatic carbocycles. The zero-order chi connectivity index (χ0) is 6.10. The number of hydrogen-bond donors (Lipinski definition) is 1. The summed E-state index contributed by atoms with van der Waals surface area (Å²) >= 11 is 1.54. The van der Waals surface area contributed by atoms with Crippen LogP contribution in [0.3, 0.4) is 0 Å². The molecular formula is C4H4N4S. The molecule has 0 atom stereocenters. The Hall–Kier alpha value is -0.970. The average Bonchev–Trinajstić information content (AvgIpc) is 2.33. The molecule has 5 heteroatoms. The van der Waals surface area contributed by atoms with Crippen molar-refractivity contribution in [3.05, 3.63) is 17.9 Å². The third kappa shape index (κ3) is 0.692. The maximum atomic E-state index is 3.82. The fraction of sp³-hybridized carbons (Fsp3) is 0.